The number of aryl methyl sites for hydroxylation is 1. The molecule has 2 aromatic carbocycles. The lowest BCUT2D eigenvalue weighted by atomic mass is 9.99. The summed E-state index contributed by atoms with van der Waals surface area (Å²) in [4.78, 5) is 36.2. The predicted molar refractivity (Wildman–Crippen MR) is 119 cm³/mol. The Morgan fingerprint density at radius 3 is 2.68 bits per heavy atom. The molecular weight excluding hydrogens is 418 g/mol. The molecule has 2 N–H and O–H groups in total. The molecule has 164 valence electrons. The Kier molecular flexibility index (Phi) is 6.84. The molecule has 1 aliphatic heterocycles. The van der Waals surface area contributed by atoms with Gasteiger partial charge in [0.05, 0.1) is 5.25 Å². The van der Waals surface area contributed by atoms with E-state index >= 15 is 0 Å². The Morgan fingerprint density at radius 1 is 1.32 bits per heavy atom. The minimum atomic E-state index is -0.543. The summed E-state index contributed by atoms with van der Waals surface area (Å²) < 4.78 is 5.73. The number of phenols is 1. The van der Waals surface area contributed by atoms with Crippen LogP contribution in [0.15, 0.2) is 41.6 Å². The number of carbonyl (C=O) groups is 2. The van der Waals surface area contributed by atoms with E-state index in [0.717, 1.165) is 5.56 Å². The molecule has 1 saturated heterocycles. The molecular formula is C22H25N3O5S. The van der Waals surface area contributed by atoms with Gasteiger partial charge in [0.2, 0.25) is 0 Å². The minimum absolute atomic E-state index is 0.0540. The fourth-order valence-electron chi connectivity index (χ4n) is 3.32. The second kappa shape index (κ2) is 9.38. The van der Waals surface area contributed by atoms with E-state index in [2.05, 4.69) is 10.6 Å². The van der Waals surface area contributed by atoms with Gasteiger partial charge in [-0.2, -0.15) is 0 Å². The van der Waals surface area contributed by atoms with Gasteiger partial charge in [-0.3, -0.25) is 15.0 Å². The number of thioether (sulfide) groups is 1. The number of nitrogens with zero attached hydrogens (tertiary/aromatic N) is 2. The van der Waals surface area contributed by atoms with E-state index in [0.29, 0.717) is 22.6 Å². The fraction of sp³-hybridized carbons (Fsp3) is 0.364. The van der Waals surface area contributed by atoms with E-state index < -0.39 is 11.3 Å². The van der Waals surface area contributed by atoms with Gasteiger partial charge in [0.25, 0.3) is 11.8 Å². The highest BCUT2D eigenvalue weighted by Gasteiger charge is 2.40. The summed E-state index contributed by atoms with van der Waals surface area (Å²) >= 11 is 1.34. The molecule has 2 atom stereocenters. The lowest BCUT2D eigenvalue weighted by Gasteiger charge is -2.25. The number of para-hydroxylation sites is 1. The number of nitrogens with one attached hydrogen (secondary N) is 1. The molecule has 0 saturated carbocycles. The molecule has 2 aromatic rings. The first-order valence-corrected chi connectivity index (χ1v) is 10.8. The van der Waals surface area contributed by atoms with Gasteiger partial charge in [-0.05, 0) is 54.3 Å². The van der Waals surface area contributed by atoms with E-state index in [1.807, 2.05) is 13.8 Å². The Hall–Kier alpha value is -3.07. The Bertz CT molecular complexity index is 1010. The highest BCUT2D eigenvalue weighted by Crippen LogP contribution is 2.44. The quantitative estimate of drug-likeness (QED) is 0.618. The summed E-state index contributed by atoms with van der Waals surface area (Å²) in [5.41, 5.74) is 4.90. The van der Waals surface area contributed by atoms with Crippen molar-refractivity contribution < 1.29 is 19.4 Å². The smallest absolute Gasteiger partial charge is 0.276 e. The predicted octanol–water partition coefficient (Wildman–Crippen LogP) is 4.29. The Morgan fingerprint density at radius 2 is 2.03 bits per heavy atom. The molecule has 31 heavy (non-hydrogen) atoms. The number of hydrazine groups is 1. The zero-order valence-electron chi connectivity index (χ0n) is 17.8. The Balaban J connectivity index is 1.74. The van der Waals surface area contributed by atoms with Gasteiger partial charge in [-0.25, -0.2) is 5.01 Å². The van der Waals surface area contributed by atoms with Gasteiger partial charge in [-0.1, -0.05) is 32.0 Å². The van der Waals surface area contributed by atoms with Crippen molar-refractivity contribution in [2.45, 2.75) is 44.2 Å². The van der Waals surface area contributed by atoms with Gasteiger partial charge in [0.1, 0.15) is 22.6 Å². The number of hydrogen-bond acceptors (Lipinski definition) is 7. The summed E-state index contributed by atoms with van der Waals surface area (Å²) in [5.74, 6) is -0.164. The maximum absolute atomic E-state index is 12.6. The number of aromatic hydroxyl groups is 1. The molecule has 9 heteroatoms. The molecule has 8 nitrogen and oxygen atoms in total. The first-order chi connectivity index (χ1) is 14.7. The molecule has 0 aliphatic carbocycles. The molecule has 1 heterocycles. The second-order valence-electron chi connectivity index (χ2n) is 7.64. The number of benzene rings is 2. The summed E-state index contributed by atoms with van der Waals surface area (Å²) in [6, 6.07) is 10.1. The van der Waals surface area contributed by atoms with Crippen LogP contribution in [-0.2, 0) is 9.59 Å². The highest BCUT2D eigenvalue weighted by molar-refractivity contribution is 8.01. The molecule has 1 aliphatic rings. The number of carbonyl (C=O) groups excluding carboxylic acids is 2. The van der Waals surface area contributed by atoms with Crippen molar-refractivity contribution in [2.75, 3.05) is 6.61 Å². The van der Waals surface area contributed by atoms with E-state index in [4.69, 9.17) is 4.74 Å². The van der Waals surface area contributed by atoms with Crippen molar-refractivity contribution in [3.63, 3.8) is 0 Å². The number of hydrogen-bond donors (Lipinski definition) is 2. The zero-order chi connectivity index (χ0) is 22.7. The van der Waals surface area contributed by atoms with Crippen LogP contribution in [-0.4, -0.2) is 33.8 Å². The number of ether oxygens (including phenoxy) is 1. The summed E-state index contributed by atoms with van der Waals surface area (Å²) in [6.45, 7) is 7.08. The van der Waals surface area contributed by atoms with Crippen LogP contribution in [0, 0.1) is 11.8 Å². The maximum Gasteiger partial charge on any atom is 0.276 e. The number of nitroso groups, excluding NO2 is 1. The van der Waals surface area contributed by atoms with Crippen LogP contribution in [0.2, 0.25) is 0 Å². The molecule has 0 bridgehead atoms. The highest BCUT2D eigenvalue weighted by atomic mass is 32.2. The first kappa shape index (κ1) is 22.6. The van der Waals surface area contributed by atoms with Crippen LogP contribution < -0.4 is 10.2 Å². The summed E-state index contributed by atoms with van der Waals surface area (Å²) in [7, 11) is 0. The molecule has 1 fully saturated rings. The normalized spacial score (nSPS) is 18.4. The largest absolute Gasteiger partial charge is 0.508 e. The third-order valence-corrected chi connectivity index (χ3v) is 6.34. The van der Waals surface area contributed by atoms with Gasteiger partial charge in [-0.15, -0.1) is 16.7 Å². The zero-order valence-corrected chi connectivity index (χ0v) is 18.6. The molecule has 0 radical (unpaired) electrons. The van der Waals surface area contributed by atoms with Crippen LogP contribution >= 0.6 is 11.8 Å². The lowest BCUT2D eigenvalue weighted by Crippen LogP contribution is -2.47. The number of rotatable bonds is 7. The van der Waals surface area contributed by atoms with E-state index in [1.165, 1.54) is 16.8 Å². The number of amides is 2. The summed E-state index contributed by atoms with van der Waals surface area (Å²) in [6.07, 6.45) is 0. The second-order valence-corrected chi connectivity index (χ2v) is 9.07. The van der Waals surface area contributed by atoms with Crippen LogP contribution in [0.25, 0.3) is 0 Å². The van der Waals surface area contributed by atoms with Crippen molar-refractivity contribution in [3.05, 3.63) is 58.0 Å². The Labute approximate surface area is 184 Å². The molecule has 0 aromatic heterocycles. The lowest BCUT2D eigenvalue weighted by molar-refractivity contribution is -0.141. The molecule has 3 rings (SSSR count). The maximum atomic E-state index is 12.6. The van der Waals surface area contributed by atoms with Gasteiger partial charge >= 0.3 is 0 Å². The fourth-order valence-corrected chi connectivity index (χ4v) is 4.56. The number of phenolic OH excluding ortho intramolecular Hbond substituents is 1. The van der Waals surface area contributed by atoms with Crippen LogP contribution in [0.4, 0.5) is 5.69 Å². The average Bonchev–Trinajstić information content (AvgIpc) is 3.00. The standard InChI is InChI=1S/C22H25N3O5S/c1-12(2)16-10-17(24-29)13(3)9-19(16)30-11-20(27)23-25-21(28)14(4)31-22(25)15-7-5-6-8-18(15)26/h5-10,12,14,22,26H,11H2,1-4H3,(H,23,27). The van der Waals surface area contributed by atoms with Crippen molar-refractivity contribution >= 4 is 29.3 Å². The van der Waals surface area contributed by atoms with E-state index in [9.17, 15) is 19.6 Å². The third kappa shape index (κ3) is 4.82. The summed E-state index contributed by atoms with van der Waals surface area (Å²) in [5, 5.41) is 13.5. The molecule has 2 amide bonds. The van der Waals surface area contributed by atoms with Gasteiger partial charge in [0.15, 0.2) is 6.61 Å². The molecule has 2 unspecified atom stereocenters. The van der Waals surface area contributed by atoms with E-state index in [-0.39, 0.29) is 29.4 Å². The van der Waals surface area contributed by atoms with Gasteiger partial charge in [0, 0.05) is 5.56 Å². The van der Waals surface area contributed by atoms with Crippen molar-refractivity contribution in [1.29, 1.82) is 0 Å². The van der Waals surface area contributed by atoms with Crippen LogP contribution in [0.5, 0.6) is 11.5 Å². The van der Waals surface area contributed by atoms with Crippen molar-refractivity contribution in [1.82, 2.24) is 10.4 Å². The monoisotopic (exact) mass is 443 g/mol. The first-order valence-electron chi connectivity index (χ1n) is 9.89. The van der Waals surface area contributed by atoms with Gasteiger partial charge < -0.3 is 9.84 Å². The minimum Gasteiger partial charge on any atom is -0.508 e. The third-order valence-electron chi connectivity index (χ3n) is 5.01. The SMILES string of the molecule is Cc1cc(OCC(=O)NN2C(=O)C(C)SC2c2ccccc2O)c(C(C)C)cc1N=O. The topological polar surface area (TPSA) is 108 Å². The molecule has 0 spiro atoms. The van der Waals surface area contributed by atoms with Crippen LogP contribution in [0.3, 0.4) is 0 Å². The van der Waals surface area contributed by atoms with E-state index in [1.54, 1.807) is 50.2 Å². The van der Waals surface area contributed by atoms with Crippen molar-refractivity contribution in [3.8, 4) is 11.5 Å². The van der Waals surface area contributed by atoms with Crippen LogP contribution in [0.1, 0.15) is 48.8 Å². The average molecular weight is 444 g/mol. The van der Waals surface area contributed by atoms with Crippen molar-refractivity contribution in [2.24, 2.45) is 5.18 Å².